The summed E-state index contributed by atoms with van der Waals surface area (Å²) in [7, 11) is -3.13. The number of aromatic nitrogens is 3. The van der Waals surface area contributed by atoms with E-state index in [4.69, 9.17) is 9.97 Å². The number of pyridine rings is 1. The molecule has 164 valence electrons. The first kappa shape index (κ1) is 20.6. The lowest BCUT2D eigenvalue weighted by Crippen LogP contribution is -2.41. The Hall–Kier alpha value is -2.32. The second kappa shape index (κ2) is 7.67. The molecule has 4 heterocycles. The highest BCUT2D eigenvalue weighted by Crippen LogP contribution is 2.38. The molecule has 3 aliphatic rings. The molecule has 0 radical (unpaired) electrons. The third-order valence-corrected chi connectivity index (χ3v) is 8.18. The van der Waals surface area contributed by atoms with Gasteiger partial charge in [-0.3, -0.25) is 4.98 Å². The van der Waals surface area contributed by atoms with E-state index in [2.05, 4.69) is 41.9 Å². The van der Waals surface area contributed by atoms with Gasteiger partial charge in [0.05, 0.1) is 23.3 Å². The van der Waals surface area contributed by atoms with Gasteiger partial charge < -0.3 is 4.90 Å². The Bertz CT molecular complexity index is 1150. The lowest BCUT2D eigenvalue weighted by Gasteiger charge is -2.39. The van der Waals surface area contributed by atoms with Crippen molar-refractivity contribution in [3.63, 3.8) is 0 Å². The molecule has 0 aromatic carbocycles. The summed E-state index contributed by atoms with van der Waals surface area (Å²) in [6.07, 6.45) is 10.8. The van der Waals surface area contributed by atoms with Crippen molar-refractivity contribution in [2.45, 2.75) is 58.0 Å². The van der Waals surface area contributed by atoms with E-state index in [1.165, 1.54) is 23.1 Å². The van der Waals surface area contributed by atoms with Crippen molar-refractivity contribution in [3.8, 4) is 0 Å². The van der Waals surface area contributed by atoms with Crippen LogP contribution in [0.2, 0.25) is 0 Å². The van der Waals surface area contributed by atoms with Crippen molar-refractivity contribution in [1.82, 2.24) is 19.3 Å². The standard InChI is InChI=1S/C23H29N5O2S/c1-15-11-22(18-5-4-6-20(18)26-15)28-13-19-21(12-16(28)2)24-14-25-23(19)17-7-9-27(10-8-17)31(3,29)30/h4-5,11,14,16-17H,6-10,12-13H2,1-3H3/t16-/m1/s1. The molecule has 2 aromatic heterocycles. The van der Waals surface area contributed by atoms with Crippen molar-refractivity contribution < 1.29 is 8.42 Å². The summed E-state index contributed by atoms with van der Waals surface area (Å²) < 4.78 is 25.4. The normalized spacial score (nSPS) is 21.9. The molecule has 2 aliphatic heterocycles. The average Bonchev–Trinajstić information content (AvgIpc) is 3.20. The molecular formula is C23H29N5O2S. The molecule has 8 heteroatoms. The van der Waals surface area contributed by atoms with Crippen LogP contribution >= 0.6 is 0 Å². The molecule has 0 unspecified atom stereocenters. The smallest absolute Gasteiger partial charge is 0.211 e. The average molecular weight is 440 g/mol. The van der Waals surface area contributed by atoms with Gasteiger partial charge in [-0.05, 0) is 32.8 Å². The number of hydrogen-bond donors (Lipinski definition) is 0. The van der Waals surface area contributed by atoms with Gasteiger partial charge in [0.2, 0.25) is 10.0 Å². The Morgan fingerprint density at radius 3 is 2.65 bits per heavy atom. The van der Waals surface area contributed by atoms with Gasteiger partial charge in [0, 0.05) is 66.9 Å². The summed E-state index contributed by atoms with van der Waals surface area (Å²) in [5.74, 6) is 0.273. The molecule has 1 atom stereocenters. The van der Waals surface area contributed by atoms with Crippen LogP contribution < -0.4 is 4.90 Å². The number of sulfonamides is 1. The van der Waals surface area contributed by atoms with Crippen LogP contribution in [0.1, 0.15) is 59.6 Å². The second-order valence-corrected chi connectivity index (χ2v) is 11.0. The van der Waals surface area contributed by atoms with Gasteiger partial charge in [-0.2, -0.15) is 0 Å². The first-order valence-corrected chi connectivity index (χ1v) is 12.9. The van der Waals surface area contributed by atoms with Gasteiger partial charge >= 0.3 is 0 Å². The summed E-state index contributed by atoms with van der Waals surface area (Å²) in [6.45, 7) is 6.22. The van der Waals surface area contributed by atoms with Crippen LogP contribution in [0.4, 0.5) is 5.69 Å². The van der Waals surface area contributed by atoms with Crippen LogP contribution in [0.5, 0.6) is 0 Å². The van der Waals surface area contributed by atoms with Gasteiger partial charge in [-0.25, -0.2) is 22.7 Å². The first-order chi connectivity index (χ1) is 14.8. The molecule has 1 fully saturated rings. The lowest BCUT2D eigenvalue weighted by molar-refractivity contribution is 0.317. The van der Waals surface area contributed by atoms with E-state index in [9.17, 15) is 8.42 Å². The summed E-state index contributed by atoms with van der Waals surface area (Å²) in [5, 5.41) is 0. The zero-order valence-corrected chi connectivity index (χ0v) is 19.2. The molecule has 1 aliphatic carbocycles. The summed E-state index contributed by atoms with van der Waals surface area (Å²) in [6, 6.07) is 2.53. The minimum absolute atomic E-state index is 0.273. The molecule has 31 heavy (non-hydrogen) atoms. The Labute approximate surface area is 184 Å². The lowest BCUT2D eigenvalue weighted by atomic mass is 9.87. The monoisotopic (exact) mass is 439 g/mol. The summed E-state index contributed by atoms with van der Waals surface area (Å²) >= 11 is 0. The van der Waals surface area contributed by atoms with E-state index in [0.29, 0.717) is 19.1 Å². The number of rotatable bonds is 3. The third-order valence-electron chi connectivity index (χ3n) is 6.88. The van der Waals surface area contributed by atoms with Gasteiger partial charge in [-0.1, -0.05) is 12.2 Å². The van der Waals surface area contributed by atoms with Crippen LogP contribution in [0.25, 0.3) is 6.08 Å². The predicted molar refractivity (Wildman–Crippen MR) is 121 cm³/mol. The summed E-state index contributed by atoms with van der Waals surface area (Å²) in [5.41, 5.74) is 8.16. The van der Waals surface area contributed by atoms with Crippen LogP contribution in [-0.2, 0) is 29.4 Å². The van der Waals surface area contributed by atoms with E-state index < -0.39 is 10.0 Å². The molecule has 7 nitrogen and oxygen atoms in total. The predicted octanol–water partition coefficient (Wildman–Crippen LogP) is 2.84. The van der Waals surface area contributed by atoms with Gasteiger partial charge in [0.25, 0.3) is 0 Å². The maximum atomic E-state index is 11.9. The number of hydrogen-bond acceptors (Lipinski definition) is 6. The number of nitrogens with zero attached hydrogens (tertiary/aromatic N) is 5. The molecule has 0 bridgehead atoms. The van der Waals surface area contributed by atoms with Gasteiger partial charge in [-0.15, -0.1) is 0 Å². The number of piperidine rings is 1. The van der Waals surface area contributed by atoms with Crippen molar-refractivity contribution in [2.75, 3.05) is 24.2 Å². The highest BCUT2D eigenvalue weighted by Gasteiger charge is 2.33. The first-order valence-electron chi connectivity index (χ1n) is 11.0. The molecule has 0 spiro atoms. The topological polar surface area (TPSA) is 79.3 Å². The van der Waals surface area contributed by atoms with Gasteiger partial charge in [0.1, 0.15) is 6.33 Å². The molecule has 0 N–H and O–H groups in total. The van der Waals surface area contributed by atoms with E-state index in [-0.39, 0.29) is 5.92 Å². The van der Waals surface area contributed by atoms with Crippen LogP contribution in [-0.4, -0.2) is 53.1 Å². The minimum atomic E-state index is -3.13. The Morgan fingerprint density at radius 1 is 1.13 bits per heavy atom. The van der Waals surface area contributed by atoms with E-state index in [0.717, 1.165) is 55.0 Å². The number of allylic oxidation sites excluding steroid dienone is 1. The zero-order valence-electron chi connectivity index (χ0n) is 18.4. The van der Waals surface area contributed by atoms with Crippen molar-refractivity contribution in [2.24, 2.45) is 0 Å². The zero-order chi connectivity index (χ0) is 21.8. The van der Waals surface area contributed by atoms with Crippen molar-refractivity contribution in [3.05, 3.63) is 52.4 Å². The van der Waals surface area contributed by atoms with Gasteiger partial charge in [0.15, 0.2) is 0 Å². The van der Waals surface area contributed by atoms with Crippen LogP contribution in [0.3, 0.4) is 0 Å². The van der Waals surface area contributed by atoms with Crippen LogP contribution in [0.15, 0.2) is 18.5 Å². The second-order valence-electron chi connectivity index (χ2n) is 9.05. The molecule has 0 amide bonds. The summed E-state index contributed by atoms with van der Waals surface area (Å²) in [4.78, 5) is 16.5. The highest BCUT2D eigenvalue weighted by atomic mass is 32.2. The Balaban J connectivity index is 1.47. The molecule has 0 saturated carbocycles. The Kier molecular flexibility index (Phi) is 5.09. The molecule has 5 rings (SSSR count). The SMILES string of the molecule is Cc1cc(N2Cc3c(ncnc3C3CCN(S(C)(=O)=O)CC3)C[C@H]2C)c2c(n1)CC=C2. The molecule has 1 saturated heterocycles. The van der Waals surface area contributed by atoms with E-state index >= 15 is 0 Å². The molecule has 2 aromatic rings. The van der Waals surface area contributed by atoms with E-state index in [1.54, 1.807) is 10.6 Å². The number of fused-ring (bicyclic) bond motifs is 2. The van der Waals surface area contributed by atoms with E-state index in [1.807, 2.05) is 0 Å². The third kappa shape index (κ3) is 3.76. The fourth-order valence-electron chi connectivity index (χ4n) is 5.26. The number of aryl methyl sites for hydroxylation is 1. The maximum Gasteiger partial charge on any atom is 0.211 e. The fraction of sp³-hybridized carbons (Fsp3) is 0.522. The van der Waals surface area contributed by atoms with Crippen molar-refractivity contribution >= 4 is 21.8 Å². The fourth-order valence-corrected chi connectivity index (χ4v) is 6.13. The quantitative estimate of drug-likeness (QED) is 0.732. The number of anilines is 1. The van der Waals surface area contributed by atoms with Crippen molar-refractivity contribution in [1.29, 1.82) is 0 Å². The largest absolute Gasteiger partial charge is 0.363 e. The van der Waals surface area contributed by atoms with Crippen LogP contribution in [0, 0.1) is 6.92 Å². The Morgan fingerprint density at radius 2 is 1.90 bits per heavy atom. The molecular weight excluding hydrogens is 410 g/mol. The maximum absolute atomic E-state index is 11.9. The minimum Gasteiger partial charge on any atom is -0.363 e. The highest BCUT2D eigenvalue weighted by molar-refractivity contribution is 7.88.